The number of nitrogens with one attached hydrogen (secondary N) is 2. The van der Waals surface area contributed by atoms with Crippen molar-refractivity contribution in [2.75, 3.05) is 7.11 Å². The van der Waals surface area contributed by atoms with Crippen LogP contribution in [0.1, 0.15) is 29.9 Å². The molecule has 0 saturated carbocycles. The van der Waals surface area contributed by atoms with Crippen LogP contribution in [0.4, 0.5) is 0 Å². The van der Waals surface area contributed by atoms with Gasteiger partial charge < -0.3 is 10.1 Å². The predicted octanol–water partition coefficient (Wildman–Crippen LogP) is 2.24. The monoisotopic (exact) mass is 338 g/mol. The fourth-order valence-electron chi connectivity index (χ4n) is 1.73. The summed E-state index contributed by atoms with van der Waals surface area (Å²) in [6.07, 6.45) is 1.59. The summed E-state index contributed by atoms with van der Waals surface area (Å²) in [5.74, 6) is 0.404. The van der Waals surface area contributed by atoms with Crippen LogP contribution in [-0.4, -0.2) is 28.4 Å². The van der Waals surface area contributed by atoms with E-state index in [0.717, 1.165) is 4.47 Å². The molecule has 0 unspecified atom stereocenters. The van der Waals surface area contributed by atoms with Gasteiger partial charge in [0, 0.05) is 10.0 Å². The van der Waals surface area contributed by atoms with Crippen molar-refractivity contribution < 1.29 is 9.53 Å². The fourth-order valence-corrected chi connectivity index (χ4v) is 2.21. The van der Waals surface area contributed by atoms with E-state index >= 15 is 0 Å². The lowest BCUT2D eigenvalue weighted by atomic mass is 10.0. The molecular weight excluding hydrogens is 324 g/mol. The van der Waals surface area contributed by atoms with Crippen LogP contribution >= 0.6 is 15.9 Å². The van der Waals surface area contributed by atoms with Gasteiger partial charge in [-0.15, -0.1) is 0 Å². The molecule has 2 aromatic rings. The molecule has 0 aliphatic carbocycles. The minimum atomic E-state index is -0.625. The first-order chi connectivity index (χ1) is 9.42. The Morgan fingerprint density at radius 2 is 2.15 bits per heavy atom. The second-order valence-corrected chi connectivity index (χ2v) is 5.73. The molecule has 0 aliphatic rings. The molecule has 0 saturated heterocycles. The number of aromatic amines is 1. The Kier molecular flexibility index (Phi) is 4.08. The summed E-state index contributed by atoms with van der Waals surface area (Å²) >= 11 is 3.35. The minimum absolute atomic E-state index is 0.211. The topological polar surface area (TPSA) is 79.9 Å². The third kappa shape index (κ3) is 3.16. The summed E-state index contributed by atoms with van der Waals surface area (Å²) in [5.41, 5.74) is 0.542. The largest absolute Gasteiger partial charge is 0.497 e. The van der Waals surface area contributed by atoms with E-state index in [1.54, 1.807) is 31.5 Å². The number of ether oxygens (including phenoxy) is 1. The summed E-state index contributed by atoms with van der Waals surface area (Å²) in [5, 5.41) is 13.2. The van der Waals surface area contributed by atoms with Gasteiger partial charge in [-0.05, 0) is 32.0 Å². The van der Waals surface area contributed by atoms with Gasteiger partial charge >= 0.3 is 0 Å². The maximum atomic E-state index is 12.3. The molecular formula is C13H15BrN4O2. The average molecular weight is 339 g/mol. The Bertz CT molecular complexity index is 611. The summed E-state index contributed by atoms with van der Waals surface area (Å²) in [6, 6.07) is 5.20. The van der Waals surface area contributed by atoms with Crippen molar-refractivity contribution in [2.45, 2.75) is 19.4 Å². The number of amides is 1. The number of halogens is 1. The molecule has 1 aromatic heterocycles. The number of methoxy groups -OCH3 is 1. The highest BCUT2D eigenvalue weighted by Gasteiger charge is 2.26. The Morgan fingerprint density at radius 3 is 2.75 bits per heavy atom. The number of hydrogen-bond donors (Lipinski definition) is 2. The molecule has 7 heteroatoms. The van der Waals surface area contributed by atoms with E-state index in [-0.39, 0.29) is 5.91 Å². The molecule has 1 amide bonds. The van der Waals surface area contributed by atoms with Crippen LogP contribution in [0.2, 0.25) is 0 Å². The van der Waals surface area contributed by atoms with E-state index in [1.807, 2.05) is 13.8 Å². The van der Waals surface area contributed by atoms with Crippen molar-refractivity contribution in [3.8, 4) is 5.75 Å². The Hall–Kier alpha value is -1.89. The molecule has 1 aromatic carbocycles. The lowest BCUT2D eigenvalue weighted by Crippen LogP contribution is -2.41. The van der Waals surface area contributed by atoms with Gasteiger partial charge in [-0.1, -0.05) is 15.9 Å². The van der Waals surface area contributed by atoms with Crippen molar-refractivity contribution in [2.24, 2.45) is 0 Å². The first-order valence-electron chi connectivity index (χ1n) is 5.96. The second kappa shape index (κ2) is 5.62. The highest BCUT2D eigenvalue weighted by Crippen LogP contribution is 2.23. The number of nitrogens with zero attached hydrogens (tertiary/aromatic N) is 2. The smallest absolute Gasteiger partial charge is 0.252 e. The quantitative estimate of drug-likeness (QED) is 0.895. The third-order valence-electron chi connectivity index (χ3n) is 2.85. The van der Waals surface area contributed by atoms with Crippen LogP contribution in [0.5, 0.6) is 5.75 Å². The predicted molar refractivity (Wildman–Crippen MR) is 77.6 cm³/mol. The first-order valence-corrected chi connectivity index (χ1v) is 6.75. The van der Waals surface area contributed by atoms with Gasteiger partial charge in [0.2, 0.25) is 0 Å². The molecule has 0 spiro atoms. The number of aromatic nitrogens is 3. The molecule has 0 radical (unpaired) electrons. The fraction of sp³-hybridized carbons (Fsp3) is 0.308. The van der Waals surface area contributed by atoms with Gasteiger partial charge in [0.25, 0.3) is 5.91 Å². The van der Waals surface area contributed by atoms with Crippen molar-refractivity contribution in [1.29, 1.82) is 0 Å². The van der Waals surface area contributed by atoms with E-state index in [2.05, 4.69) is 36.7 Å². The Morgan fingerprint density at radius 1 is 1.40 bits per heavy atom. The number of benzene rings is 1. The van der Waals surface area contributed by atoms with Crippen LogP contribution in [0, 0.1) is 0 Å². The zero-order chi connectivity index (χ0) is 14.8. The van der Waals surface area contributed by atoms with Crippen molar-refractivity contribution >= 4 is 21.8 Å². The number of carbonyl (C=O) groups excluding carboxylic acids is 1. The highest BCUT2D eigenvalue weighted by molar-refractivity contribution is 9.10. The van der Waals surface area contributed by atoms with E-state index in [1.165, 1.54) is 0 Å². The zero-order valence-corrected chi connectivity index (χ0v) is 13.0. The Balaban J connectivity index is 2.22. The normalized spacial score (nSPS) is 11.2. The van der Waals surface area contributed by atoms with Crippen LogP contribution in [0.3, 0.4) is 0 Å². The molecule has 2 N–H and O–H groups in total. The molecule has 1 heterocycles. The highest BCUT2D eigenvalue weighted by atomic mass is 79.9. The van der Waals surface area contributed by atoms with Gasteiger partial charge in [-0.25, -0.2) is 0 Å². The van der Waals surface area contributed by atoms with Crippen molar-refractivity contribution in [3.05, 3.63) is 40.1 Å². The summed E-state index contributed by atoms with van der Waals surface area (Å²) in [7, 11) is 1.56. The van der Waals surface area contributed by atoms with Gasteiger partial charge in [0.15, 0.2) is 0 Å². The molecule has 6 nitrogen and oxygen atoms in total. The molecule has 20 heavy (non-hydrogen) atoms. The molecule has 0 atom stereocenters. The molecule has 2 rings (SSSR count). The second-order valence-electron chi connectivity index (χ2n) is 4.81. The summed E-state index contributed by atoms with van der Waals surface area (Å²) in [4.78, 5) is 12.3. The maximum Gasteiger partial charge on any atom is 0.252 e. The van der Waals surface area contributed by atoms with Gasteiger partial charge in [-0.2, -0.15) is 15.4 Å². The van der Waals surface area contributed by atoms with E-state index in [9.17, 15) is 4.79 Å². The van der Waals surface area contributed by atoms with Gasteiger partial charge in [0.1, 0.15) is 11.4 Å². The van der Waals surface area contributed by atoms with Crippen LogP contribution in [0.15, 0.2) is 28.9 Å². The lowest BCUT2D eigenvalue weighted by Gasteiger charge is -2.23. The summed E-state index contributed by atoms with van der Waals surface area (Å²) in [6.45, 7) is 3.72. The van der Waals surface area contributed by atoms with Crippen molar-refractivity contribution in [3.63, 3.8) is 0 Å². The minimum Gasteiger partial charge on any atom is -0.497 e. The number of H-pyrrole nitrogens is 1. The van der Waals surface area contributed by atoms with Crippen LogP contribution in [-0.2, 0) is 5.54 Å². The average Bonchev–Trinajstić information content (AvgIpc) is 2.92. The van der Waals surface area contributed by atoms with Crippen LogP contribution < -0.4 is 10.1 Å². The van der Waals surface area contributed by atoms with Gasteiger partial charge in [-0.3, -0.25) is 4.79 Å². The Labute approximate surface area is 125 Å². The maximum absolute atomic E-state index is 12.3. The van der Waals surface area contributed by atoms with Gasteiger partial charge in [0.05, 0.1) is 18.8 Å². The first kappa shape index (κ1) is 14.5. The zero-order valence-electron chi connectivity index (χ0n) is 11.4. The SMILES string of the molecule is COc1cc(Br)cc(C(=O)NC(C)(C)c2cn[nH]n2)c1. The summed E-state index contributed by atoms with van der Waals surface area (Å²) < 4.78 is 5.93. The molecule has 0 aliphatic heterocycles. The molecule has 0 bridgehead atoms. The van der Waals surface area contributed by atoms with E-state index in [0.29, 0.717) is 17.0 Å². The van der Waals surface area contributed by atoms with Crippen LogP contribution in [0.25, 0.3) is 0 Å². The van der Waals surface area contributed by atoms with E-state index < -0.39 is 5.54 Å². The number of hydrogen-bond acceptors (Lipinski definition) is 4. The van der Waals surface area contributed by atoms with E-state index in [4.69, 9.17) is 4.74 Å². The third-order valence-corrected chi connectivity index (χ3v) is 3.31. The number of carbonyl (C=O) groups is 1. The molecule has 106 valence electrons. The number of rotatable bonds is 4. The molecule has 0 fully saturated rings. The van der Waals surface area contributed by atoms with Crippen molar-refractivity contribution in [1.82, 2.24) is 20.7 Å². The lowest BCUT2D eigenvalue weighted by molar-refractivity contribution is 0.0910. The standard InChI is InChI=1S/C13H15BrN4O2/c1-13(2,11-7-15-18-17-11)16-12(19)8-4-9(14)6-10(5-8)20-3/h4-7H,1-3H3,(H,16,19)(H,15,17,18).